The van der Waals surface area contributed by atoms with E-state index in [1.54, 1.807) is 0 Å². The van der Waals surface area contributed by atoms with Gasteiger partial charge in [-0.05, 0) is 36.0 Å². The van der Waals surface area contributed by atoms with Crippen LogP contribution in [0.4, 0.5) is 5.82 Å². The Labute approximate surface area is 160 Å². The monoisotopic (exact) mass is 362 g/mol. The van der Waals surface area contributed by atoms with Gasteiger partial charge in [-0.2, -0.15) is 5.26 Å². The minimum absolute atomic E-state index is 0.00283. The summed E-state index contributed by atoms with van der Waals surface area (Å²) in [6.07, 6.45) is 6.27. The van der Waals surface area contributed by atoms with Crippen LogP contribution in [0.5, 0.6) is 0 Å². The SMILES string of the molecule is CC(C)(CCC#N)c1ccc(C=O)cc1.CNc1cn2cc(C)ccc2n1. The van der Waals surface area contributed by atoms with Crippen molar-refractivity contribution in [2.24, 2.45) is 0 Å². The van der Waals surface area contributed by atoms with Crippen LogP contribution in [0, 0.1) is 18.3 Å². The number of anilines is 1. The zero-order chi connectivity index (χ0) is 19.9. The number of aryl methyl sites for hydroxylation is 1. The molecular formula is C22H26N4O. The maximum atomic E-state index is 10.5. The van der Waals surface area contributed by atoms with Gasteiger partial charge in [0.1, 0.15) is 17.8 Å². The maximum Gasteiger partial charge on any atom is 0.150 e. The van der Waals surface area contributed by atoms with Gasteiger partial charge in [0.2, 0.25) is 0 Å². The molecule has 0 saturated carbocycles. The van der Waals surface area contributed by atoms with Crippen molar-refractivity contribution in [2.75, 3.05) is 12.4 Å². The summed E-state index contributed by atoms with van der Waals surface area (Å²) in [4.78, 5) is 14.8. The van der Waals surface area contributed by atoms with Gasteiger partial charge in [0.15, 0.2) is 0 Å². The Kier molecular flexibility index (Phi) is 6.73. The lowest BCUT2D eigenvalue weighted by Crippen LogP contribution is -2.16. The van der Waals surface area contributed by atoms with Crippen LogP contribution in [-0.4, -0.2) is 22.7 Å². The molecule has 1 aromatic carbocycles. The predicted molar refractivity (Wildman–Crippen MR) is 109 cm³/mol. The van der Waals surface area contributed by atoms with Crippen LogP contribution in [0.15, 0.2) is 48.8 Å². The maximum absolute atomic E-state index is 10.5. The second-order valence-corrected chi connectivity index (χ2v) is 7.13. The largest absolute Gasteiger partial charge is 0.372 e. The topological polar surface area (TPSA) is 70.2 Å². The number of aromatic nitrogens is 2. The summed E-state index contributed by atoms with van der Waals surface area (Å²) in [5.74, 6) is 0.903. The van der Waals surface area contributed by atoms with Gasteiger partial charge in [-0.1, -0.05) is 44.2 Å². The second-order valence-electron chi connectivity index (χ2n) is 7.13. The number of benzene rings is 1. The van der Waals surface area contributed by atoms with Crippen molar-refractivity contribution in [3.63, 3.8) is 0 Å². The zero-order valence-corrected chi connectivity index (χ0v) is 16.4. The molecule has 2 aromatic heterocycles. The molecule has 27 heavy (non-hydrogen) atoms. The van der Waals surface area contributed by atoms with Crippen molar-refractivity contribution in [3.05, 3.63) is 65.5 Å². The minimum atomic E-state index is -0.00283. The summed E-state index contributed by atoms with van der Waals surface area (Å²) < 4.78 is 2.02. The number of nitriles is 1. The van der Waals surface area contributed by atoms with E-state index in [9.17, 15) is 4.79 Å². The number of pyridine rings is 1. The Hall–Kier alpha value is -3.13. The van der Waals surface area contributed by atoms with Crippen LogP contribution in [0.25, 0.3) is 5.65 Å². The van der Waals surface area contributed by atoms with E-state index < -0.39 is 0 Å². The first-order valence-corrected chi connectivity index (χ1v) is 8.95. The molecule has 3 rings (SSSR count). The third-order valence-corrected chi connectivity index (χ3v) is 4.55. The van der Waals surface area contributed by atoms with Crippen molar-refractivity contribution in [2.45, 2.75) is 39.0 Å². The van der Waals surface area contributed by atoms with E-state index in [1.807, 2.05) is 48.0 Å². The molecule has 0 radical (unpaired) electrons. The molecule has 5 heteroatoms. The molecule has 0 aliphatic heterocycles. The highest BCUT2D eigenvalue weighted by atomic mass is 16.1. The smallest absolute Gasteiger partial charge is 0.150 e. The summed E-state index contributed by atoms with van der Waals surface area (Å²) in [7, 11) is 1.87. The van der Waals surface area contributed by atoms with Gasteiger partial charge in [-0.25, -0.2) is 4.98 Å². The fourth-order valence-electron chi connectivity index (χ4n) is 2.75. The molecule has 0 aliphatic carbocycles. The van der Waals surface area contributed by atoms with Gasteiger partial charge in [-0.15, -0.1) is 0 Å². The molecule has 0 bridgehead atoms. The summed E-state index contributed by atoms with van der Waals surface area (Å²) in [5, 5.41) is 11.6. The van der Waals surface area contributed by atoms with Gasteiger partial charge in [0.05, 0.1) is 12.3 Å². The van der Waals surface area contributed by atoms with Gasteiger partial charge in [-0.3, -0.25) is 4.79 Å². The highest BCUT2D eigenvalue weighted by molar-refractivity contribution is 5.74. The zero-order valence-electron chi connectivity index (χ0n) is 16.4. The molecule has 1 N–H and O–H groups in total. The van der Waals surface area contributed by atoms with Crippen molar-refractivity contribution in [3.8, 4) is 6.07 Å². The first-order valence-electron chi connectivity index (χ1n) is 8.95. The van der Waals surface area contributed by atoms with E-state index in [0.29, 0.717) is 12.0 Å². The van der Waals surface area contributed by atoms with Gasteiger partial charge < -0.3 is 9.72 Å². The normalized spacial score (nSPS) is 10.6. The van der Waals surface area contributed by atoms with Crippen molar-refractivity contribution < 1.29 is 4.79 Å². The number of hydrogen-bond donors (Lipinski definition) is 1. The molecule has 2 heterocycles. The lowest BCUT2D eigenvalue weighted by molar-refractivity contribution is 0.112. The van der Waals surface area contributed by atoms with E-state index in [1.165, 1.54) is 11.1 Å². The lowest BCUT2D eigenvalue weighted by Gasteiger charge is -2.24. The fraction of sp³-hybridized carbons (Fsp3) is 0.318. The van der Waals surface area contributed by atoms with Gasteiger partial charge in [0.25, 0.3) is 0 Å². The van der Waals surface area contributed by atoms with Crippen molar-refractivity contribution in [1.29, 1.82) is 5.26 Å². The van der Waals surface area contributed by atoms with E-state index >= 15 is 0 Å². The van der Waals surface area contributed by atoms with Crippen LogP contribution in [0.1, 0.15) is 48.2 Å². The van der Waals surface area contributed by atoms with Crippen LogP contribution in [0.2, 0.25) is 0 Å². The molecule has 5 nitrogen and oxygen atoms in total. The number of nitrogens with one attached hydrogen (secondary N) is 1. The third-order valence-electron chi connectivity index (χ3n) is 4.55. The van der Waals surface area contributed by atoms with E-state index in [0.717, 1.165) is 24.2 Å². The number of rotatable bonds is 5. The molecule has 0 amide bonds. The first-order chi connectivity index (χ1) is 12.9. The number of fused-ring (bicyclic) bond motifs is 1. The van der Waals surface area contributed by atoms with Crippen molar-refractivity contribution in [1.82, 2.24) is 9.38 Å². The predicted octanol–water partition coefficient (Wildman–Crippen LogP) is 4.76. The number of hydrogen-bond acceptors (Lipinski definition) is 4. The summed E-state index contributed by atoms with van der Waals surface area (Å²) in [5.41, 5.74) is 4.07. The Morgan fingerprint density at radius 2 is 1.89 bits per heavy atom. The summed E-state index contributed by atoms with van der Waals surface area (Å²) in [6.45, 7) is 6.29. The van der Waals surface area contributed by atoms with E-state index in [2.05, 4.69) is 49.4 Å². The standard InChI is InChI=1S/C13H15NO.C9H11N3/c1-13(2,8-3-9-14)12-6-4-11(10-15)5-7-12;1-7-3-4-9-11-8(10-2)6-12(9)5-7/h4-7,10H,3,8H2,1-2H3;3-6,10H,1-2H3. The number of aldehydes is 1. The number of nitrogens with zero attached hydrogens (tertiary/aromatic N) is 3. The molecule has 0 fully saturated rings. The van der Waals surface area contributed by atoms with E-state index in [-0.39, 0.29) is 5.41 Å². The highest BCUT2D eigenvalue weighted by Gasteiger charge is 2.19. The lowest BCUT2D eigenvalue weighted by atomic mass is 9.80. The van der Waals surface area contributed by atoms with Crippen LogP contribution < -0.4 is 5.32 Å². The molecule has 3 aromatic rings. The second kappa shape index (κ2) is 9.00. The average molecular weight is 362 g/mol. The number of carbonyl (C=O) groups is 1. The summed E-state index contributed by atoms with van der Waals surface area (Å²) >= 11 is 0. The minimum Gasteiger partial charge on any atom is -0.372 e. The fourth-order valence-corrected chi connectivity index (χ4v) is 2.75. The number of imidazole rings is 1. The van der Waals surface area contributed by atoms with Crippen LogP contribution in [0.3, 0.4) is 0 Å². The highest BCUT2D eigenvalue weighted by Crippen LogP contribution is 2.28. The molecule has 0 aliphatic rings. The van der Waals surface area contributed by atoms with E-state index in [4.69, 9.17) is 5.26 Å². The van der Waals surface area contributed by atoms with Crippen LogP contribution >= 0.6 is 0 Å². The molecule has 140 valence electrons. The Balaban J connectivity index is 0.000000198. The Morgan fingerprint density at radius 1 is 1.19 bits per heavy atom. The van der Waals surface area contributed by atoms with Gasteiger partial charge in [0, 0.05) is 25.2 Å². The van der Waals surface area contributed by atoms with Gasteiger partial charge >= 0.3 is 0 Å². The molecule has 0 saturated heterocycles. The molecular weight excluding hydrogens is 336 g/mol. The Morgan fingerprint density at radius 3 is 2.48 bits per heavy atom. The Bertz CT molecular complexity index is 933. The number of carbonyl (C=O) groups excluding carboxylic acids is 1. The summed E-state index contributed by atoms with van der Waals surface area (Å²) in [6, 6.07) is 13.8. The first kappa shape index (κ1) is 20.2. The molecule has 0 spiro atoms. The molecule has 0 atom stereocenters. The average Bonchev–Trinajstić information content (AvgIpc) is 3.09. The third kappa shape index (κ3) is 5.42. The quantitative estimate of drug-likeness (QED) is 0.664. The molecule has 0 unspecified atom stereocenters. The van der Waals surface area contributed by atoms with Crippen molar-refractivity contribution >= 4 is 17.8 Å². The van der Waals surface area contributed by atoms with Crippen LogP contribution in [-0.2, 0) is 5.41 Å².